The molecule has 5 heteroatoms. The van der Waals surface area contributed by atoms with Crippen molar-refractivity contribution in [1.29, 1.82) is 0 Å². The molecule has 0 aromatic carbocycles. The highest BCUT2D eigenvalue weighted by atomic mass is 16.2. The number of carbonyl (C=O) groups excluding carboxylic acids is 2. The molecule has 1 aliphatic heterocycles. The molecular weight excluding hydrogens is 182 g/mol. The Morgan fingerprint density at radius 2 is 1.93 bits per heavy atom. The lowest BCUT2D eigenvalue weighted by molar-refractivity contribution is -0.124. The van der Waals surface area contributed by atoms with E-state index >= 15 is 0 Å². The summed E-state index contributed by atoms with van der Waals surface area (Å²) in [6, 6.07) is -0.719. The van der Waals surface area contributed by atoms with Crippen LogP contribution in [-0.4, -0.2) is 38.0 Å². The van der Waals surface area contributed by atoms with Crippen LogP contribution in [0.3, 0.4) is 0 Å². The summed E-state index contributed by atoms with van der Waals surface area (Å²) in [7, 11) is 3.15. The van der Waals surface area contributed by atoms with Gasteiger partial charge in [0.2, 0.25) is 11.8 Å². The summed E-state index contributed by atoms with van der Waals surface area (Å²) in [6.45, 7) is 0. The van der Waals surface area contributed by atoms with Gasteiger partial charge in [-0.3, -0.25) is 14.9 Å². The van der Waals surface area contributed by atoms with E-state index in [2.05, 4.69) is 16.0 Å². The van der Waals surface area contributed by atoms with Crippen molar-refractivity contribution in [3.63, 3.8) is 0 Å². The van der Waals surface area contributed by atoms with Crippen molar-refractivity contribution in [3.8, 4) is 0 Å². The number of rotatable bonds is 2. The van der Waals surface area contributed by atoms with Gasteiger partial charge in [0.05, 0.1) is 6.04 Å². The maximum Gasteiger partial charge on any atom is 0.240 e. The van der Waals surface area contributed by atoms with Crippen LogP contribution in [0.4, 0.5) is 0 Å². The van der Waals surface area contributed by atoms with Gasteiger partial charge in [-0.05, 0) is 6.42 Å². The molecule has 0 saturated carbocycles. The molecule has 1 heterocycles. The molecule has 0 fully saturated rings. The normalized spacial score (nSPS) is 25.6. The fraction of sp³-hybridized carbons (Fsp3) is 0.556. The molecule has 0 saturated heterocycles. The highest BCUT2D eigenvalue weighted by molar-refractivity contribution is 5.87. The van der Waals surface area contributed by atoms with E-state index < -0.39 is 6.04 Å². The lowest BCUT2D eigenvalue weighted by Gasteiger charge is -2.24. The first-order valence-electron chi connectivity index (χ1n) is 4.55. The second-order valence-corrected chi connectivity index (χ2v) is 3.09. The molecule has 2 amide bonds. The molecule has 5 nitrogen and oxygen atoms in total. The van der Waals surface area contributed by atoms with Crippen molar-refractivity contribution in [1.82, 2.24) is 16.0 Å². The third-order valence-corrected chi connectivity index (χ3v) is 2.17. The standard InChI is InChI=1S/C9H15N3O2/c1-10-8(13)6-4-3-5-7(12-6)9(14)11-2/h3-4,6-7,12H,5H2,1-2H3,(H,10,13)(H,11,14). The van der Waals surface area contributed by atoms with Gasteiger partial charge in [-0.2, -0.15) is 0 Å². The Balaban J connectivity index is 2.60. The molecule has 0 radical (unpaired) electrons. The highest BCUT2D eigenvalue weighted by Gasteiger charge is 2.25. The predicted octanol–water partition coefficient (Wildman–Crippen LogP) is -1.23. The van der Waals surface area contributed by atoms with E-state index in [-0.39, 0.29) is 17.9 Å². The third-order valence-electron chi connectivity index (χ3n) is 2.17. The lowest BCUT2D eigenvalue weighted by atomic mass is 10.0. The van der Waals surface area contributed by atoms with Gasteiger partial charge in [-0.1, -0.05) is 12.2 Å². The Hall–Kier alpha value is -1.36. The second-order valence-electron chi connectivity index (χ2n) is 3.09. The Labute approximate surface area is 82.9 Å². The number of amides is 2. The molecule has 0 aromatic heterocycles. The molecule has 1 aliphatic rings. The average Bonchev–Trinajstić information content (AvgIpc) is 2.27. The van der Waals surface area contributed by atoms with Crippen molar-refractivity contribution in [2.75, 3.05) is 14.1 Å². The second kappa shape index (κ2) is 4.76. The summed E-state index contributed by atoms with van der Waals surface area (Å²) >= 11 is 0. The van der Waals surface area contributed by atoms with Crippen molar-refractivity contribution in [2.24, 2.45) is 0 Å². The Bertz CT molecular complexity index is 263. The fourth-order valence-electron chi connectivity index (χ4n) is 1.37. The van der Waals surface area contributed by atoms with Crippen LogP contribution in [-0.2, 0) is 9.59 Å². The first-order valence-corrected chi connectivity index (χ1v) is 4.55. The Morgan fingerprint density at radius 1 is 1.29 bits per heavy atom. The van der Waals surface area contributed by atoms with E-state index in [1.807, 2.05) is 6.08 Å². The topological polar surface area (TPSA) is 70.2 Å². The summed E-state index contributed by atoms with van der Waals surface area (Å²) < 4.78 is 0. The van der Waals surface area contributed by atoms with Crippen LogP contribution in [0.25, 0.3) is 0 Å². The number of hydrogen-bond donors (Lipinski definition) is 3. The Kier molecular flexibility index (Phi) is 3.64. The first-order chi connectivity index (χ1) is 6.69. The molecular formula is C9H15N3O2. The van der Waals surface area contributed by atoms with Crippen LogP contribution in [0.2, 0.25) is 0 Å². The summed E-state index contributed by atoms with van der Waals surface area (Å²) in [4.78, 5) is 22.6. The molecule has 0 aliphatic carbocycles. The molecule has 0 bridgehead atoms. The van der Waals surface area contributed by atoms with Gasteiger partial charge >= 0.3 is 0 Å². The minimum Gasteiger partial charge on any atom is -0.358 e. The van der Waals surface area contributed by atoms with E-state index in [4.69, 9.17) is 0 Å². The van der Waals surface area contributed by atoms with Crippen LogP contribution < -0.4 is 16.0 Å². The largest absolute Gasteiger partial charge is 0.358 e. The number of likely N-dealkylation sites (N-methyl/N-ethyl adjacent to an activating group) is 2. The van der Waals surface area contributed by atoms with Crippen LogP contribution in [0, 0.1) is 0 Å². The number of nitrogens with one attached hydrogen (secondary N) is 3. The smallest absolute Gasteiger partial charge is 0.240 e. The highest BCUT2D eigenvalue weighted by Crippen LogP contribution is 2.04. The summed E-state index contributed by atoms with van der Waals surface area (Å²) in [6.07, 6.45) is 4.22. The molecule has 3 N–H and O–H groups in total. The van der Waals surface area contributed by atoms with Gasteiger partial charge < -0.3 is 10.6 Å². The summed E-state index contributed by atoms with van der Waals surface area (Å²) in [5.41, 5.74) is 0. The lowest BCUT2D eigenvalue weighted by Crippen LogP contribution is -2.53. The maximum absolute atomic E-state index is 11.3. The zero-order valence-electron chi connectivity index (χ0n) is 8.33. The van der Waals surface area contributed by atoms with Crippen LogP contribution >= 0.6 is 0 Å². The Morgan fingerprint density at radius 3 is 2.50 bits per heavy atom. The van der Waals surface area contributed by atoms with Crippen molar-refractivity contribution >= 4 is 11.8 Å². The van der Waals surface area contributed by atoms with Crippen LogP contribution in [0.1, 0.15) is 6.42 Å². The molecule has 2 atom stereocenters. The summed E-state index contributed by atoms with van der Waals surface area (Å²) in [5, 5.41) is 8.02. The van der Waals surface area contributed by atoms with E-state index in [0.29, 0.717) is 6.42 Å². The quantitative estimate of drug-likeness (QED) is 0.485. The minimum absolute atomic E-state index is 0.0942. The van der Waals surface area contributed by atoms with Crippen molar-refractivity contribution < 1.29 is 9.59 Å². The number of hydrogen-bond acceptors (Lipinski definition) is 3. The van der Waals surface area contributed by atoms with E-state index in [9.17, 15) is 9.59 Å². The molecule has 14 heavy (non-hydrogen) atoms. The molecule has 0 aromatic rings. The third kappa shape index (κ3) is 2.32. The molecule has 2 unspecified atom stereocenters. The van der Waals surface area contributed by atoms with E-state index in [1.54, 1.807) is 20.2 Å². The van der Waals surface area contributed by atoms with Crippen molar-refractivity contribution in [3.05, 3.63) is 12.2 Å². The number of carbonyl (C=O) groups is 2. The van der Waals surface area contributed by atoms with Gasteiger partial charge in [-0.25, -0.2) is 0 Å². The molecule has 1 rings (SSSR count). The predicted molar refractivity (Wildman–Crippen MR) is 52.6 cm³/mol. The van der Waals surface area contributed by atoms with Gasteiger partial charge in [0, 0.05) is 14.1 Å². The van der Waals surface area contributed by atoms with E-state index in [0.717, 1.165) is 0 Å². The van der Waals surface area contributed by atoms with Gasteiger partial charge in [0.15, 0.2) is 0 Å². The first kappa shape index (κ1) is 10.7. The van der Waals surface area contributed by atoms with Gasteiger partial charge in [0.25, 0.3) is 0 Å². The SMILES string of the molecule is CNC(=O)C1C=CCC(C(=O)NC)N1. The van der Waals surface area contributed by atoms with Crippen LogP contribution in [0.15, 0.2) is 12.2 Å². The zero-order valence-corrected chi connectivity index (χ0v) is 8.33. The fourth-order valence-corrected chi connectivity index (χ4v) is 1.37. The zero-order chi connectivity index (χ0) is 10.6. The average molecular weight is 197 g/mol. The monoisotopic (exact) mass is 197 g/mol. The summed E-state index contributed by atoms with van der Waals surface area (Å²) in [5.74, 6) is -0.224. The molecule has 0 spiro atoms. The molecule has 78 valence electrons. The van der Waals surface area contributed by atoms with E-state index in [1.165, 1.54) is 0 Å². The van der Waals surface area contributed by atoms with Gasteiger partial charge in [0.1, 0.15) is 6.04 Å². The minimum atomic E-state index is -0.406. The van der Waals surface area contributed by atoms with Gasteiger partial charge in [-0.15, -0.1) is 0 Å². The van der Waals surface area contributed by atoms with Crippen molar-refractivity contribution in [2.45, 2.75) is 18.5 Å². The van der Waals surface area contributed by atoms with Crippen LogP contribution in [0.5, 0.6) is 0 Å². The maximum atomic E-state index is 11.3.